The van der Waals surface area contributed by atoms with Crippen LogP contribution in [0.15, 0.2) is 0 Å². The fourth-order valence-electron chi connectivity index (χ4n) is 2.50. The van der Waals surface area contributed by atoms with Crippen LogP contribution in [0.3, 0.4) is 0 Å². The van der Waals surface area contributed by atoms with E-state index in [0.717, 1.165) is 13.0 Å². The number of nitrogens with one attached hydrogen (secondary N) is 1. The molecule has 1 N–H and O–H groups in total. The first-order valence-corrected chi connectivity index (χ1v) is 8.66. The van der Waals surface area contributed by atoms with Crippen LogP contribution in [0.5, 0.6) is 0 Å². The molecular formula is C12H22N2O4S. The average Bonchev–Trinajstić information content (AvgIpc) is 2.83. The van der Waals surface area contributed by atoms with E-state index in [1.54, 1.807) is 4.90 Å². The van der Waals surface area contributed by atoms with Crippen molar-refractivity contribution >= 4 is 15.7 Å². The van der Waals surface area contributed by atoms with Gasteiger partial charge in [-0.25, -0.2) is 8.42 Å². The van der Waals surface area contributed by atoms with Crippen molar-refractivity contribution in [1.29, 1.82) is 0 Å². The Hall–Kier alpha value is -0.660. The van der Waals surface area contributed by atoms with Gasteiger partial charge >= 0.3 is 0 Å². The van der Waals surface area contributed by atoms with Crippen molar-refractivity contribution < 1.29 is 17.9 Å². The molecule has 7 heteroatoms. The first-order valence-electron chi connectivity index (χ1n) is 6.84. The summed E-state index contributed by atoms with van der Waals surface area (Å²) >= 11 is 0. The minimum absolute atomic E-state index is 0.0287. The standard InChI is InChI=1S/C12H22N2O4S/c1-2-3-13-11-9-18-8-10(11)12(15)14-4-6-19(16,17)7-5-14/h10-11,13H,2-9H2,1H3. The summed E-state index contributed by atoms with van der Waals surface area (Å²) in [6.07, 6.45) is 1.01. The molecule has 2 saturated heterocycles. The van der Waals surface area contributed by atoms with Crippen molar-refractivity contribution in [3.05, 3.63) is 0 Å². The molecule has 2 fully saturated rings. The second kappa shape index (κ2) is 6.19. The number of carbonyl (C=O) groups is 1. The Kier molecular flexibility index (Phi) is 4.81. The highest BCUT2D eigenvalue weighted by molar-refractivity contribution is 7.91. The lowest BCUT2D eigenvalue weighted by molar-refractivity contribution is -0.135. The van der Waals surface area contributed by atoms with Gasteiger partial charge in [0.05, 0.1) is 30.6 Å². The fraction of sp³-hybridized carbons (Fsp3) is 0.917. The van der Waals surface area contributed by atoms with E-state index in [-0.39, 0.29) is 29.4 Å². The molecule has 0 aromatic heterocycles. The van der Waals surface area contributed by atoms with Crippen LogP contribution >= 0.6 is 0 Å². The van der Waals surface area contributed by atoms with Crippen molar-refractivity contribution in [1.82, 2.24) is 10.2 Å². The summed E-state index contributed by atoms with van der Waals surface area (Å²) in [4.78, 5) is 14.1. The molecule has 0 aliphatic carbocycles. The molecule has 2 rings (SSSR count). The molecule has 1 amide bonds. The maximum absolute atomic E-state index is 12.4. The van der Waals surface area contributed by atoms with Crippen LogP contribution in [-0.4, -0.2) is 69.6 Å². The molecule has 0 bridgehead atoms. The second-order valence-corrected chi connectivity index (χ2v) is 7.49. The zero-order valence-corrected chi connectivity index (χ0v) is 12.1. The molecule has 0 aromatic rings. The second-order valence-electron chi connectivity index (χ2n) is 5.18. The highest BCUT2D eigenvalue weighted by Crippen LogP contribution is 2.18. The Morgan fingerprint density at radius 1 is 1.32 bits per heavy atom. The lowest BCUT2D eigenvalue weighted by atomic mass is 10.0. The SMILES string of the molecule is CCCNC1COCC1C(=O)N1CCS(=O)(=O)CC1. The number of hydrogen-bond acceptors (Lipinski definition) is 5. The zero-order chi connectivity index (χ0) is 13.9. The van der Waals surface area contributed by atoms with Crippen molar-refractivity contribution in [3.63, 3.8) is 0 Å². The molecule has 19 heavy (non-hydrogen) atoms. The molecule has 6 nitrogen and oxygen atoms in total. The Morgan fingerprint density at radius 3 is 2.63 bits per heavy atom. The summed E-state index contributed by atoms with van der Waals surface area (Å²) in [5, 5.41) is 3.33. The number of sulfone groups is 1. The van der Waals surface area contributed by atoms with Crippen molar-refractivity contribution in [2.45, 2.75) is 19.4 Å². The average molecular weight is 290 g/mol. The molecule has 0 spiro atoms. The molecule has 0 radical (unpaired) electrons. The molecule has 2 atom stereocenters. The molecule has 2 heterocycles. The van der Waals surface area contributed by atoms with E-state index in [9.17, 15) is 13.2 Å². The third-order valence-corrected chi connectivity index (χ3v) is 5.32. The lowest BCUT2D eigenvalue weighted by Crippen LogP contribution is -2.50. The minimum atomic E-state index is -2.94. The van der Waals surface area contributed by atoms with E-state index >= 15 is 0 Å². The van der Waals surface area contributed by atoms with Crippen molar-refractivity contribution in [3.8, 4) is 0 Å². The van der Waals surface area contributed by atoms with Gasteiger partial charge in [0.25, 0.3) is 0 Å². The van der Waals surface area contributed by atoms with Crippen LogP contribution in [0.2, 0.25) is 0 Å². The maximum Gasteiger partial charge on any atom is 0.229 e. The van der Waals surface area contributed by atoms with Gasteiger partial charge in [-0.15, -0.1) is 0 Å². The maximum atomic E-state index is 12.4. The van der Waals surface area contributed by atoms with Crippen LogP contribution < -0.4 is 5.32 Å². The summed E-state index contributed by atoms with van der Waals surface area (Å²) in [5.74, 6) is 0.0204. The number of nitrogens with zero attached hydrogens (tertiary/aromatic N) is 1. The van der Waals surface area contributed by atoms with Crippen molar-refractivity contribution in [2.24, 2.45) is 5.92 Å². The van der Waals surface area contributed by atoms with Gasteiger partial charge in [0.1, 0.15) is 0 Å². The molecule has 2 aliphatic heterocycles. The number of hydrogen-bond donors (Lipinski definition) is 1. The van der Waals surface area contributed by atoms with Gasteiger partial charge in [-0.1, -0.05) is 6.92 Å². The number of amides is 1. The highest BCUT2D eigenvalue weighted by Gasteiger charge is 2.37. The number of carbonyl (C=O) groups excluding carboxylic acids is 1. The molecular weight excluding hydrogens is 268 g/mol. The Bertz CT molecular complexity index is 409. The third kappa shape index (κ3) is 3.67. The van der Waals surface area contributed by atoms with Gasteiger partial charge in [0, 0.05) is 19.1 Å². The van der Waals surface area contributed by atoms with Crippen LogP contribution in [0, 0.1) is 5.92 Å². The Balaban J connectivity index is 1.92. The Labute approximate surface area is 114 Å². The molecule has 0 saturated carbocycles. The van der Waals surface area contributed by atoms with Gasteiger partial charge < -0.3 is 15.0 Å². The van der Waals surface area contributed by atoms with E-state index in [4.69, 9.17) is 4.74 Å². The molecule has 2 aliphatic rings. The van der Waals surface area contributed by atoms with E-state index in [1.807, 2.05) is 0 Å². The van der Waals surface area contributed by atoms with Crippen LogP contribution in [0.25, 0.3) is 0 Å². The summed E-state index contributed by atoms with van der Waals surface area (Å²) in [7, 11) is -2.94. The van der Waals surface area contributed by atoms with Gasteiger partial charge in [-0.3, -0.25) is 4.79 Å². The first kappa shape index (κ1) is 14.7. The quantitative estimate of drug-likeness (QED) is 0.738. The van der Waals surface area contributed by atoms with Crippen LogP contribution in [0.1, 0.15) is 13.3 Å². The van der Waals surface area contributed by atoms with Crippen LogP contribution in [-0.2, 0) is 19.4 Å². The van der Waals surface area contributed by atoms with E-state index in [1.165, 1.54) is 0 Å². The first-order chi connectivity index (χ1) is 9.03. The third-order valence-electron chi connectivity index (χ3n) is 3.71. The molecule has 2 unspecified atom stereocenters. The van der Waals surface area contributed by atoms with E-state index in [0.29, 0.717) is 26.3 Å². The van der Waals surface area contributed by atoms with Gasteiger partial charge in [-0.2, -0.15) is 0 Å². The van der Waals surface area contributed by atoms with E-state index in [2.05, 4.69) is 12.2 Å². The highest BCUT2D eigenvalue weighted by atomic mass is 32.2. The van der Waals surface area contributed by atoms with Gasteiger partial charge in [-0.05, 0) is 13.0 Å². The summed E-state index contributed by atoms with van der Waals surface area (Å²) in [6, 6.07) is 0.0611. The van der Waals surface area contributed by atoms with E-state index < -0.39 is 9.84 Å². The lowest BCUT2D eigenvalue weighted by Gasteiger charge is -2.30. The summed E-state index contributed by atoms with van der Waals surface area (Å²) in [5.41, 5.74) is 0. The van der Waals surface area contributed by atoms with Gasteiger partial charge in [0.2, 0.25) is 5.91 Å². The van der Waals surface area contributed by atoms with Crippen LogP contribution in [0.4, 0.5) is 0 Å². The zero-order valence-electron chi connectivity index (χ0n) is 11.3. The fourth-order valence-corrected chi connectivity index (χ4v) is 3.70. The number of rotatable bonds is 4. The van der Waals surface area contributed by atoms with Gasteiger partial charge in [0.15, 0.2) is 9.84 Å². The predicted octanol–water partition coefficient (Wildman–Crippen LogP) is -0.742. The van der Waals surface area contributed by atoms with Crippen molar-refractivity contribution in [2.75, 3.05) is 44.4 Å². The topological polar surface area (TPSA) is 75.7 Å². The normalized spacial score (nSPS) is 30.5. The summed E-state index contributed by atoms with van der Waals surface area (Å²) < 4.78 is 28.1. The predicted molar refractivity (Wildman–Crippen MR) is 71.6 cm³/mol. The largest absolute Gasteiger partial charge is 0.379 e. The summed E-state index contributed by atoms with van der Waals surface area (Å²) in [6.45, 7) is 4.57. The number of ether oxygens (including phenoxy) is 1. The monoisotopic (exact) mass is 290 g/mol. The smallest absolute Gasteiger partial charge is 0.229 e. The molecule has 0 aromatic carbocycles. The molecule has 110 valence electrons. The minimum Gasteiger partial charge on any atom is -0.379 e. The Morgan fingerprint density at radius 2 is 2.00 bits per heavy atom.